The topological polar surface area (TPSA) is 69.6 Å². The molecular formula is C24H32N4O2. The first kappa shape index (κ1) is 20.9. The predicted octanol–water partition coefficient (Wildman–Crippen LogP) is 2.59. The molecule has 2 fully saturated rings. The highest BCUT2D eigenvalue weighted by Gasteiger charge is 2.46. The van der Waals surface area contributed by atoms with Gasteiger partial charge in [0.05, 0.1) is 11.8 Å². The van der Waals surface area contributed by atoms with E-state index in [0.717, 1.165) is 51.1 Å². The van der Waals surface area contributed by atoms with Crippen LogP contribution in [0.5, 0.6) is 0 Å². The van der Waals surface area contributed by atoms with Crippen molar-refractivity contribution in [2.75, 3.05) is 26.2 Å². The number of nitrogens with zero attached hydrogens (tertiary/aromatic N) is 4. The van der Waals surface area contributed by atoms with E-state index in [2.05, 4.69) is 46.1 Å². The van der Waals surface area contributed by atoms with E-state index in [1.165, 1.54) is 11.1 Å². The molecule has 1 aromatic heterocycles. The Labute approximate surface area is 179 Å². The molecule has 1 spiro atoms. The minimum absolute atomic E-state index is 0.156. The molecule has 1 N–H and O–H groups in total. The van der Waals surface area contributed by atoms with Crippen molar-refractivity contribution in [3.63, 3.8) is 0 Å². The van der Waals surface area contributed by atoms with Crippen molar-refractivity contribution in [2.45, 2.75) is 51.7 Å². The lowest BCUT2D eigenvalue weighted by Crippen LogP contribution is -2.59. The summed E-state index contributed by atoms with van der Waals surface area (Å²) in [6.07, 6.45) is 8.44. The number of rotatable bonds is 5. The number of amides is 1. The second-order valence-electron chi connectivity index (χ2n) is 8.92. The molecule has 3 heterocycles. The molecule has 2 aromatic rings. The molecule has 0 aliphatic carbocycles. The first-order valence-electron chi connectivity index (χ1n) is 11.0. The van der Waals surface area contributed by atoms with Gasteiger partial charge in [0.15, 0.2) is 0 Å². The Morgan fingerprint density at radius 2 is 2.10 bits per heavy atom. The molecular weight excluding hydrogens is 376 g/mol. The van der Waals surface area contributed by atoms with Crippen LogP contribution < -0.4 is 0 Å². The molecule has 1 amide bonds. The quantitative estimate of drug-likeness (QED) is 0.824. The molecule has 6 nitrogen and oxygen atoms in total. The molecule has 0 bridgehead atoms. The molecule has 160 valence electrons. The van der Waals surface area contributed by atoms with E-state index in [9.17, 15) is 9.90 Å². The zero-order valence-electron chi connectivity index (χ0n) is 17.8. The average Bonchev–Trinajstić information content (AvgIpc) is 2.77. The smallest absolute Gasteiger partial charge is 0.222 e. The number of aryl methyl sites for hydroxylation is 2. The number of carbonyl (C=O) groups is 1. The maximum atomic E-state index is 12.9. The first-order chi connectivity index (χ1) is 14.6. The number of likely N-dealkylation sites (tertiary alicyclic amines) is 2. The van der Waals surface area contributed by atoms with Gasteiger partial charge in [0, 0.05) is 63.2 Å². The summed E-state index contributed by atoms with van der Waals surface area (Å²) in [6.45, 7) is 6.24. The van der Waals surface area contributed by atoms with Crippen molar-refractivity contribution in [3.05, 3.63) is 59.7 Å². The zero-order chi connectivity index (χ0) is 21.0. The summed E-state index contributed by atoms with van der Waals surface area (Å²) in [5.41, 5.74) is 3.28. The molecule has 0 radical (unpaired) electrons. The van der Waals surface area contributed by atoms with Crippen LogP contribution in [0.3, 0.4) is 0 Å². The number of carbonyl (C=O) groups excluding carboxylic acids is 1. The highest BCUT2D eigenvalue weighted by atomic mass is 16.3. The molecule has 2 aliphatic rings. The maximum Gasteiger partial charge on any atom is 0.222 e. The maximum absolute atomic E-state index is 12.9. The predicted molar refractivity (Wildman–Crippen MR) is 116 cm³/mol. The fourth-order valence-electron chi connectivity index (χ4n) is 5.03. The molecule has 30 heavy (non-hydrogen) atoms. The molecule has 2 atom stereocenters. The minimum Gasteiger partial charge on any atom is -0.392 e. The van der Waals surface area contributed by atoms with Gasteiger partial charge < -0.3 is 10.0 Å². The zero-order valence-corrected chi connectivity index (χ0v) is 17.8. The number of aliphatic hydroxyl groups excluding tert-OH is 1. The van der Waals surface area contributed by atoms with E-state index < -0.39 is 0 Å². The molecule has 2 aliphatic heterocycles. The average molecular weight is 409 g/mol. The van der Waals surface area contributed by atoms with Crippen LogP contribution in [0.15, 0.2) is 42.9 Å². The van der Waals surface area contributed by atoms with E-state index in [-0.39, 0.29) is 17.4 Å². The van der Waals surface area contributed by atoms with Crippen LogP contribution >= 0.6 is 0 Å². The van der Waals surface area contributed by atoms with E-state index in [1.807, 2.05) is 4.90 Å². The molecule has 6 heteroatoms. The number of piperidine rings is 2. The van der Waals surface area contributed by atoms with Gasteiger partial charge in [-0.2, -0.15) is 0 Å². The summed E-state index contributed by atoms with van der Waals surface area (Å²) < 4.78 is 0. The van der Waals surface area contributed by atoms with Gasteiger partial charge in [-0.3, -0.25) is 19.7 Å². The van der Waals surface area contributed by atoms with Gasteiger partial charge in [0.1, 0.15) is 0 Å². The number of benzene rings is 1. The summed E-state index contributed by atoms with van der Waals surface area (Å²) in [5, 5.41) is 10.9. The highest BCUT2D eigenvalue weighted by molar-refractivity contribution is 5.76. The minimum atomic E-state index is -0.346. The number of hydrogen-bond donors (Lipinski definition) is 1. The summed E-state index contributed by atoms with van der Waals surface area (Å²) >= 11 is 0. The Morgan fingerprint density at radius 1 is 1.23 bits per heavy atom. The van der Waals surface area contributed by atoms with E-state index in [4.69, 9.17) is 0 Å². The van der Waals surface area contributed by atoms with Crippen molar-refractivity contribution in [3.8, 4) is 0 Å². The third kappa shape index (κ3) is 4.71. The Morgan fingerprint density at radius 3 is 2.90 bits per heavy atom. The van der Waals surface area contributed by atoms with E-state index in [1.54, 1.807) is 18.6 Å². The molecule has 0 unspecified atom stereocenters. The van der Waals surface area contributed by atoms with Crippen molar-refractivity contribution in [1.82, 2.24) is 19.8 Å². The van der Waals surface area contributed by atoms with Crippen LogP contribution in [0.1, 0.15) is 42.5 Å². The van der Waals surface area contributed by atoms with Crippen LogP contribution in [0, 0.1) is 12.3 Å². The number of hydrogen-bond acceptors (Lipinski definition) is 5. The van der Waals surface area contributed by atoms with Crippen molar-refractivity contribution >= 4 is 5.91 Å². The fourth-order valence-corrected chi connectivity index (χ4v) is 5.03. The molecule has 0 saturated carbocycles. The highest BCUT2D eigenvalue weighted by Crippen LogP contribution is 2.39. The third-order valence-electron chi connectivity index (χ3n) is 6.79. The van der Waals surface area contributed by atoms with E-state index >= 15 is 0 Å². The lowest BCUT2D eigenvalue weighted by molar-refractivity contribution is -0.141. The monoisotopic (exact) mass is 408 g/mol. The van der Waals surface area contributed by atoms with Crippen LogP contribution in [-0.4, -0.2) is 63.1 Å². The molecule has 2 saturated heterocycles. The Kier molecular flexibility index (Phi) is 6.44. The summed E-state index contributed by atoms with van der Waals surface area (Å²) in [7, 11) is 0. The Balaban J connectivity index is 1.40. The second kappa shape index (κ2) is 9.23. The first-order valence-corrected chi connectivity index (χ1v) is 11.0. The molecule has 1 aromatic carbocycles. The van der Waals surface area contributed by atoms with Crippen LogP contribution in [0.4, 0.5) is 0 Å². The Bertz CT molecular complexity index is 859. The molecule has 4 rings (SSSR count). The summed E-state index contributed by atoms with van der Waals surface area (Å²) in [6, 6.07) is 8.51. The standard InChI is InChI=1S/C24H32N4O2/c1-19-5-2-3-6-20(19)16-27-14-9-22(29)24(17-27)10-4-13-28(18-24)23(30)8-7-21-15-25-11-12-26-21/h2-3,5-6,11-12,15,22,29H,4,7-10,13-14,16-18H2,1H3/t22-,24-/m1/s1. The largest absolute Gasteiger partial charge is 0.392 e. The second-order valence-corrected chi connectivity index (χ2v) is 8.92. The lowest BCUT2D eigenvalue weighted by atomic mass is 9.71. The normalized spacial score (nSPS) is 24.9. The number of aromatic nitrogens is 2. The van der Waals surface area contributed by atoms with Gasteiger partial charge in [0.25, 0.3) is 0 Å². The lowest BCUT2D eigenvalue weighted by Gasteiger charge is -2.51. The fraction of sp³-hybridized carbons (Fsp3) is 0.542. The van der Waals surface area contributed by atoms with Crippen LogP contribution in [0.25, 0.3) is 0 Å². The van der Waals surface area contributed by atoms with Crippen molar-refractivity contribution in [1.29, 1.82) is 0 Å². The SMILES string of the molecule is Cc1ccccc1CN1CC[C@@H](O)[C@]2(CCCN(C(=O)CCc3cnccn3)C2)C1. The van der Waals surface area contributed by atoms with Gasteiger partial charge in [-0.15, -0.1) is 0 Å². The van der Waals surface area contributed by atoms with Crippen LogP contribution in [-0.2, 0) is 17.8 Å². The van der Waals surface area contributed by atoms with Gasteiger partial charge in [-0.25, -0.2) is 0 Å². The van der Waals surface area contributed by atoms with Gasteiger partial charge in [0.2, 0.25) is 5.91 Å². The number of aliphatic hydroxyl groups is 1. The summed E-state index contributed by atoms with van der Waals surface area (Å²) in [4.78, 5) is 25.7. The van der Waals surface area contributed by atoms with Crippen molar-refractivity contribution in [2.24, 2.45) is 5.41 Å². The van der Waals surface area contributed by atoms with Crippen molar-refractivity contribution < 1.29 is 9.90 Å². The van der Waals surface area contributed by atoms with Crippen LogP contribution in [0.2, 0.25) is 0 Å². The van der Waals surface area contributed by atoms with E-state index in [0.29, 0.717) is 19.4 Å². The van der Waals surface area contributed by atoms with Gasteiger partial charge in [-0.1, -0.05) is 24.3 Å². The van der Waals surface area contributed by atoms with Gasteiger partial charge >= 0.3 is 0 Å². The summed E-state index contributed by atoms with van der Waals surface area (Å²) in [5.74, 6) is 0.156. The van der Waals surface area contributed by atoms with Gasteiger partial charge in [-0.05, 0) is 43.7 Å². The Hall–Kier alpha value is -2.31. The third-order valence-corrected chi connectivity index (χ3v) is 6.79.